The second kappa shape index (κ2) is 12.2. The molecule has 3 N–H and O–H groups in total. The molecule has 1 amide bonds. The number of pyridine rings is 1. The van der Waals surface area contributed by atoms with E-state index in [4.69, 9.17) is 24.5 Å². The Kier molecular flexibility index (Phi) is 8.50. The van der Waals surface area contributed by atoms with E-state index in [2.05, 4.69) is 20.2 Å². The number of ether oxygens (including phenoxy) is 3. The van der Waals surface area contributed by atoms with Crippen LogP contribution >= 0.6 is 0 Å². The lowest BCUT2D eigenvalue weighted by molar-refractivity contribution is -0.0509. The molecular weight excluding hydrogens is 547 g/mol. The van der Waals surface area contributed by atoms with Gasteiger partial charge in [0.2, 0.25) is 11.7 Å². The van der Waals surface area contributed by atoms with Gasteiger partial charge in [0.1, 0.15) is 11.9 Å². The molecule has 1 aliphatic rings. The molecular formula is C29H33FN6O6. The van der Waals surface area contributed by atoms with Crippen molar-refractivity contribution < 1.29 is 33.0 Å². The average molecular weight is 581 g/mol. The van der Waals surface area contributed by atoms with Crippen LogP contribution in [0.5, 0.6) is 11.6 Å². The predicted octanol–water partition coefficient (Wildman–Crippen LogP) is 5.04. The number of halogens is 1. The number of hydrogen-bond donors (Lipinski definition) is 2. The molecule has 1 fully saturated rings. The first-order valence-electron chi connectivity index (χ1n) is 13.6. The summed E-state index contributed by atoms with van der Waals surface area (Å²) in [5.41, 5.74) is 6.47. The summed E-state index contributed by atoms with van der Waals surface area (Å²) in [6.07, 6.45) is 2.89. The summed E-state index contributed by atoms with van der Waals surface area (Å²) in [6, 6.07) is 9.77. The van der Waals surface area contributed by atoms with Crippen molar-refractivity contribution in [2.24, 2.45) is 11.1 Å². The van der Waals surface area contributed by atoms with E-state index in [0.717, 1.165) is 19.3 Å². The van der Waals surface area contributed by atoms with Gasteiger partial charge in [-0.3, -0.25) is 0 Å². The van der Waals surface area contributed by atoms with E-state index < -0.39 is 29.5 Å². The molecule has 1 saturated heterocycles. The molecule has 0 radical (unpaired) electrons. The Morgan fingerprint density at radius 1 is 1.21 bits per heavy atom. The molecule has 1 aliphatic heterocycles. The quantitative estimate of drug-likeness (QED) is 0.274. The molecule has 222 valence electrons. The molecule has 3 atom stereocenters. The molecule has 3 aromatic heterocycles. The lowest BCUT2D eigenvalue weighted by Gasteiger charge is -2.31. The van der Waals surface area contributed by atoms with Crippen LogP contribution in [0, 0.1) is 11.2 Å². The van der Waals surface area contributed by atoms with Crippen molar-refractivity contribution in [3.8, 4) is 34.3 Å². The highest BCUT2D eigenvalue weighted by atomic mass is 19.1. The van der Waals surface area contributed by atoms with Crippen LogP contribution in [0.1, 0.15) is 52.2 Å². The minimum atomic E-state index is -1.02. The maximum atomic E-state index is 15.0. The summed E-state index contributed by atoms with van der Waals surface area (Å²) in [4.78, 5) is 19.9. The van der Waals surface area contributed by atoms with Crippen LogP contribution in [0.25, 0.3) is 22.6 Å². The number of primary amides is 1. The predicted molar refractivity (Wildman–Crippen MR) is 148 cm³/mol. The van der Waals surface area contributed by atoms with Gasteiger partial charge in [-0.05, 0) is 61.1 Å². The fourth-order valence-electron chi connectivity index (χ4n) is 4.66. The van der Waals surface area contributed by atoms with E-state index >= 15 is 4.39 Å². The summed E-state index contributed by atoms with van der Waals surface area (Å²) in [6.45, 7) is 6.08. The second-order valence-corrected chi connectivity index (χ2v) is 11.1. The van der Waals surface area contributed by atoms with Crippen molar-refractivity contribution in [1.29, 1.82) is 0 Å². The SMILES string of the molecule is CC(C)(C)C(O)C(Cc1nc(-c2ccc(Oc3ncc(-c4ccnn4C4CCCCO4)cc3F)cc2)no1)OC(N)=O. The minimum Gasteiger partial charge on any atom is -0.443 e. The lowest BCUT2D eigenvalue weighted by Crippen LogP contribution is -2.42. The van der Waals surface area contributed by atoms with Gasteiger partial charge in [-0.25, -0.2) is 18.9 Å². The van der Waals surface area contributed by atoms with Crippen molar-refractivity contribution >= 4 is 6.09 Å². The Labute approximate surface area is 241 Å². The summed E-state index contributed by atoms with van der Waals surface area (Å²) in [5.74, 6) is -0.0203. The molecule has 0 spiro atoms. The van der Waals surface area contributed by atoms with E-state index in [-0.39, 0.29) is 30.2 Å². The number of hydrogen-bond acceptors (Lipinski definition) is 10. The normalized spacial score (nSPS) is 17.0. The standard InChI is InChI=1S/C29H33FN6O6/c1-29(2,3)25(37)22(41-28(31)38)15-23-34-26(35-42-23)17-7-9-19(10-8-17)40-27-20(30)14-18(16-32-27)21-11-12-33-36(21)24-6-4-5-13-39-24/h7-12,14,16,22,24-25,37H,4-6,13,15H2,1-3H3,(H2,31,38). The number of amides is 1. The molecule has 0 bridgehead atoms. The van der Waals surface area contributed by atoms with E-state index in [9.17, 15) is 9.90 Å². The number of aliphatic hydroxyl groups is 1. The van der Waals surface area contributed by atoms with Crippen LogP contribution in [0.3, 0.4) is 0 Å². The van der Waals surface area contributed by atoms with Gasteiger partial charge in [0.25, 0.3) is 5.88 Å². The molecule has 0 saturated carbocycles. The highest BCUT2D eigenvalue weighted by Gasteiger charge is 2.34. The molecule has 42 heavy (non-hydrogen) atoms. The molecule has 1 aromatic carbocycles. The van der Waals surface area contributed by atoms with Crippen LogP contribution in [0.2, 0.25) is 0 Å². The van der Waals surface area contributed by atoms with Crippen LogP contribution < -0.4 is 10.5 Å². The van der Waals surface area contributed by atoms with Crippen LogP contribution in [-0.2, 0) is 15.9 Å². The zero-order valence-corrected chi connectivity index (χ0v) is 23.6. The highest BCUT2D eigenvalue weighted by Crippen LogP contribution is 2.31. The first kappa shape index (κ1) is 29.1. The van der Waals surface area contributed by atoms with E-state index in [1.165, 1.54) is 12.3 Å². The van der Waals surface area contributed by atoms with E-state index in [1.807, 2.05) is 0 Å². The molecule has 13 heteroatoms. The highest BCUT2D eigenvalue weighted by molar-refractivity contribution is 5.65. The van der Waals surface area contributed by atoms with Gasteiger partial charge in [-0.15, -0.1) is 0 Å². The van der Waals surface area contributed by atoms with Crippen molar-refractivity contribution in [2.75, 3.05) is 6.61 Å². The minimum absolute atomic E-state index is 0.0228. The van der Waals surface area contributed by atoms with E-state index in [1.54, 1.807) is 62.0 Å². The molecule has 0 aliphatic carbocycles. The zero-order chi connectivity index (χ0) is 29.9. The van der Waals surface area contributed by atoms with Crippen LogP contribution in [-0.4, -0.2) is 54.9 Å². The Bertz CT molecular complexity index is 1510. The van der Waals surface area contributed by atoms with Gasteiger partial charge in [0.05, 0.1) is 18.2 Å². The van der Waals surface area contributed by atoms with Gasteiger partial charge in [0, 0.05) is 30.1 Å². The maximum absolute atomic E-state index is 15.0. The molecule has 4 aromatic rings. The number of aromatic nitrogens is 5. The molecule has 12 nitrogen and oxygen atoms in total. The number of carbonyl (C=O) groups is 1. The number of aliphatic hydroxyl groups excluding tert-OH is 1. The zero-order valence-electron chi connectivity index (χ0n) is 23.6. The first-order valence-corrected chi connectivity index (χ1v) is 13.6. The monoisotopic (exact) mass is 580 g/mol. The number of nitrogens with zero attached hydrogens (tertiary/aromatic N) is 5. The Morgan fingerprint density at radius 3 is 2.67 bits per heavy atom. The molecule has 5 rings (SSSR count). The third-order valence-electron chi connectivity index (χ3n) is 6.88. The topological polar surface area (TPSA) is 161 Å². The lowest BCUT2D eigenvalue weighted by atomic mass is 9.85. The van der Waals surface area contributed by atoms with Crippen LogP contribution in [0.15, 0.2) is 53.3 Å². The third-order valence-corrected chi connectivity index (χ3v) is 6.88. The van der Waals surface area contributed by atoms with Gasteiger partial charge < -0.3 is 29.6 Å². The molecule has 4 heterocycles. The van der Waals surface area contributed by atoms with E-state index in [0.29, 0.717) is 29.2 Å². The summed E-state index contributed by atoms with van der Waals surface area (Å²) in [5, 5.41) is 18.9. The number of nitrogens with two attached hydrogens (primary N) is 1. The molecule has 3 unspecified atom stereocenters. The number of rotatable bonds is 9. The number of carbonyl (C=O) groups excluding carboxylic acids is 1. The van der Waals surface area contributed by atoms with Crippen molar-refractivity contribution in [3.63, 3.8) is 0 Å². The van der Waals surface area contributed by atoms with Gasteiger partial charge in [0.15, 0.2) is 12.0 Å². The smallest absolute Gasteiger partial charge is 0.404 e. The fraction of sp³-hybridized carbons (Fsp3) is 0.414. The van der Waals surface area contributed by atoms with Crippen LogP contribution in [0.4, 0.5) is 9.18 Å². The van der Waals surface area contributed by atoms with Crippen molar-refractivity contribution in [1.82, 2.24) is 24.9 Å². The Balaban J connectivity index is 1.25. The number of benzene rings is 1. The largest absolute Gasteiger partial charge is 0.443 e. The van der Waals surface area contributed by atoms with Crippen molar-refractivity contribution in [3.05, 3.63) is 60.5 Å². The van der Waals surface area contributed by atoms with Gasteiger partial charge >= 0.3 is 6.09 Å². The summed E-state index contributed by atoms with van der Waals surface area (Å²) >= 11 is 0. The van der Waals surface area contributed by atoms with Crippen molar-refractivity contribution in [2.45, 2.75) is 64.9 Å². The average Bonchev–Trinajstić information content (AvgIpc) is 3.64. The van der Waals surface area contributed by atoms with Gasteiger partial charge in [-0.2, -0.15) is 10.1 Å². The van der Waals surface area contributed by atoms with Gasteiger partial charge in [-0.1, -0.05) is 25.9 Å². The second-order valence-electron chi connectivity index (χ2n) is 11.1. The first-order chi connectivity index (χ1) is 20.1. The third kappa shape index (κ3) is 6.74. The maximum Gasteiger partial charge on any atom is 0.404 e. The Hall–Kier alpha value is -4.36. The Morgan fingerprint density at radius 2 is 2.00 bits per heavy atom. The fourth-order valence-corrected chi connectivity index (χ4v) is 4.66. The summed E-state index contributed by atoms with van der Waals surface area (Å²) < 4.78 is 38.7. The summed E-state index contributed by atoms with van der Waals surface area (Å²) in [7, 11) is 0.